The number of Topliss-reactive ketones (excluding diaryl/α,β-unsaturated/α-hetero) is 1. The Morgan fingerprint density at radius 2 is 1.80 bits per heavy atom. The summed E-state index contributed by atoms with van der Waals surface area (Å²) in [6.45, 7) is 0. The summed E-state index contributed by atoms with van der Waals surface area (Å²) in [4.78, 5) is 12.3. The number of hydrazone groups is 1. The minimum Gasteiger partial charge on any atom is -0.405 e. The minimum atomic E-state index is -4.98. The zero-order valence-corrected chi connectivity index (χ0v) is 13.1. The third-order valence-corrected chi connectivity index (χ3v) is 3.17. The van der Waals surface area contributed by atoms with E-state index in [4.69, 9.17) is 16.9 Å². The Morgan fingerprint density at radius 1 is 1.16 bits per heavy atom. The van der Waals surface area contributed by atoms with Crippen molar-refractivity contribution in [3.63, 3.8) is 0 Å². The fraction of sp³-hybridized carbons (Fsp3) is 0.0625. The van der Waals surface area contributed by atoms with Crippen LogP contribution in [0.1, 0.15) is 10.4 Å². The number of nitriles is 1. The monoisotopic (exact) mass is 367 g/mol. The van der Waals surface area contributed by atoms with Gasteiger partial charge in [-0.2, -0.15) is 10.4 Å². The van der Waals surface area contributed by atoms with E-state index in [0.717, 1.165) is 12.1 Å². The highest BCUT2D eigenvalue weighted by molar-refractivity contribution is 6.51. The molecule has 0 aromatic heterocycles. The number of hydrogen-bond donors (Lipinski definition) is 1. The third-order valence-electron chi connectivity index (χ3n) is 2.84. The first-order chi connectivity index (χ1) is 11.8. The highest BCUT2D eigenvalue weighted by Gasteiger charge is 2.33. The summed E-state index contributed by atoms with van der Waals surface area (Å²) in [6, 6.07) is 12.6. The van der Waals surface area contributed by atoms with Gasteiger partial charge in [0.2, 0.25) is 11.5 Å². The molecule has 0 aliphatic heterocycles. The van der Waals surface area contributed by atoms with Crippen LogP contribution in [-0.4, -0.2) is 17.9 Å². The lowest BCUT2D eigenvalue weighted by Gasteiger charge is -2.12. The van der Waals surface area contributed by atoms with Crippen molar-refractivity contribution in [1.82, 2.24) is 0 Å². The maximum absolute atomic E-state index is 12.4. The molecule has 0 bridgehead atoms. The lowest BCUT2D eigenvalue weighted by atomic mass is 10.1. The maximum Gasteiger partial charge on any atom is 0.573 e. The second kappa shape index (κ2) is 7.68. The normalized spacial score (nSPS) is 11.6. The van der Waals surface area contributed by atoms with Crippen LogP contribution in [0.5, 0.6) is 5.75 Å². The van der Waals surface area contributed by atoms with Crippen LogP contribution in [-0.2, 0) is 0 Å². The van der Waals surface area contributed by atoms with E-state index in [0.29, 0.717) is 5.69 Å². The molecule has 0 heterocycles. The first-order valence-corrected chi connectivity index (χ1v) is 7.07. The van der Waals surface area contributed by atoms with Crippen LogP contribution in [0.15, 0.2) is 53.6 Å². The molecule has 2 rings (SSSR count). The molecule has 5 nitrogen and oxygen atoms in total. The quantitative estimate of drug-likeness (QED) is 0.482. The van der Waals surface area contributed by atoms with Crippen molar-refractivity contribution in [2.24, 2.45) is 5.10 Å². The smallest absolute Gasteiger partial charge is 0.405 e. The average molecular weight is 368 g/mol. The number of ether oxygens (including phenoxy) is 1. The summed E-state index contributed by atoms with van der Waals surface area (Å²) < 4.78 is 41.1. The van der Waals surface area contributed by atoms with Crippen molar-refractivity contribution in [3.8, 4) is 11.8 Å². The van der Waals surface area contributed by atoms with Crippen LogP contribution >= 0.6 is 11.6 Å². The molecule has 0 aliphatic rings. The van der Waals surface area contributed by atoms with Gasteiger partial charge in [0.15, 0.2) is 0 Å². The Morgan fingerprint density at radius 3 is 2.44 bits per heavy atom. The lowest BCUT2D eigenvalue weighted by molar-refractivity contribution is -0.274. The number of rotatable bonds is 5. The molecule has 2 aromatic rings. The topological polar surface area (TPSA) is 74.5 Å². The second-order valence-corrected chi connectivity index (χ2v) is 4.94. The van der Waals surface area contributed by atoms with Crippen LogP contribution < -0.4 is 10.2 Å². The summed E-state index contributed by atoms with van der Waals surface area (Å²) >= 11 is 5.90. The Labute approximate surface area is 145 Å². The van der Waals surface area contributed by atoms with Gasteiger partial charge in [0, 0.05) is 0 Å². The van der Waals surface area contributed by atoms with Crippen LogP contribution in [0, 0.1) is 11.3 Å². The van der Waals surface area contributed by atoms with Crippen molar-refractivity contribution >= 4 is 28.8 Å². The largest absolute Gasteiger partial charge is 0.573 e. The average Bonchev–Trinajstić information content (AvgIpc) is 2.56. The molecule has 2 aromatic carbocycles. The lowest BCUT2D eigenvalue weighted by Crippen LogP contribution is -2.21. The van der Waals surface area contributed by atoms with E-state index in [1.807, 2.05) is 0 Å². The number of para-hydroxylation sites is 2. The molecule has 0 amide bonds. The number of alkyl halides is 3. The molecule has 0 atom stereocenters. The highest BCUT2D eigenvalue weighted by Crippen LogP contribution is 2.27. The number of halogens is 4. The fourth-order valence-corrected chi connectivity index (χ4v) is 1.97. The molecule has 128 valence electrons. The second-order valence-electron chi connectivity index (χ2n) is 4.54. The number of ketones is 1. The Kier molecular flexibility index (Phi) is 5.62. The number of hydrogen-bond acceptors (Lipinski definition) is 5. The summed E-state index contributed by atoms with van der Waals surface area (Å²) in [5.41, 5.74) is 1.66. The molecular formula is C16H9ClF3N3O2. The standard InChI is InChI=1S/C16H9ClF3N3O2/c17-11-6-2-3-7-12(11)22-23-13(9-21)15(24)10-5-1-4-8-14(10)25-16(18,19)20/h1-8,22H/b23-13-. The number of anilines is 1. The van der Waals surface area contributed by atoms with Gasteiger partial charge in [-0.3, -0.25) is 10.2 Å². The van der Waals surface area contributed by atoms with E-state index < -0.39 is 29.2 Å². The van der Waals surface area contributed by atoms with Gasteiger partial charge in [-0.1, -0.05) is 35.9 Å². The van der Waals surface area contributed by atoms with Crippen molar-refractivity contribution < 1.29 is 22.7 Å². The zero-order valence-electron chi connectivity index (χ0n) is 12.3. The molecule has 1 N–H and O–H groups in total. The molecular weight excluding hydrogens is 359 g/mol. The van der Waals surface area contributed by atoms with Crippen molar-refractivity contribution in [2.45, 2.75) is 6.36 Å². The predicted molar refractivity (Wildman–Crippen MR) is 85.6 cm³/mol. The van der Waals surface area contributed by atoms with Gasteiger partial charge in [0.05, 0.1) is 16.3 Å². The summed E-state index contributed by atoms with van der Waals surface area (Å²) in [5, 5.41) is 13.0. The van der Waals surface area contributed by atoms with E-state index in [1.54, 1.807) is 24.3 Å². The molecule has 0 spiro atoms. The predicted octanol–water partition coefficient (Wildman–Crippen LogP) is 4.41. The zero-order chi connectivity index (χ0) is 18.4. The molecule has 9 heteroatoms. The van der Waals surface area contributed by atoms with Gasteiger partial charge in [0.1, 0.15) is 11.8 Å². The fourth-order valence-electron chi connectivity index (χ4n) is 1.79. The van der Waals surface area contributed by atoms with Crippen molar-refractivity contribution in [3.05, 3.63) is 59.1 Å². The molecule has 0 saturated heterocycles. The van der Waals surface area contributed by atoms with Crippen molar-refractivity contribution in [2.75, 3.05) is 5.43 Å². The Hall–Kier alpha value is -3.05. The maximum atomic E-state index is 12.4. The highest BCUT2D eigenvalue weighted by atomic mass is 35.5. The summed E-state index contributed by atoms with van der Waals surface area (Å²) in [7, 11) is 0. The molecule has 0 aliphatic carbocycles. The van der Waals surface area contributed by atoms with E-state index in [9.17, 15) is 18.0 Å². The minimum absolute atomic E-state index is 0.289. The van der Waals surface area contributed by atoms with E-state index >= 15 is 0 Å². The first-order valence-electron chi connectivity index (χ1n) is 6.69. The SMILES string of the molecule is N#C/C(=N/Nc1ccccc1Cl)C(=O)c1ccccc1OC(F)(F)F. The Balaban J connectivity index is 2.30. The van der Waals surface area contributed by atoms with Gasteiger partial charge in [-0.15, -0.1) is 13.2 Å². The van der Waals surface area contributed by atoms with Crippen LogP contribution in [0.4, 0.5) is 18.9 Å². The molecule has 0 unspecified atom stereocenters. The third kappa shape index (κ3) is 4.96. The van der Waals surface area contributed by atoms with Gasteiger partial charge in [-0.05, 0) is 24.3 Å². The van der Waals surface area contributed by atoms with Crippen LogP contribution in [0.25, 0.3) is 0 Å². The Bertz CT molecular complexity index is 860. The molecule has 0 saturated carbocycles. The van der Waals surface area contributed by atoms with Gasteiger partial charge >= 0.3 is 6.36 Å². The number of carbonyl (C=O) groups excluding carboxylic acids is 1. The number of benzene rings is 2. The number of carbonyl (C=O) groups is 1. The number of nitrogens with one attached hydrogen (secondary N) is 1. The van der Waals surface area contributed by atoms with E-state index in [-0.39, 0.29) is 5.02 Å². The van der Waals surface area contributed by atoms with Gasteiger partial charge in [0.25, 0.3) is 0 Å². The van der Waals surface area contributed by atoms with E-state index in [2.05, 4.69) is 15.3 Å². The number of nitrogens with zero attached hydrogens (tertiary/aromatic N) is 2. The summed E-state index contributed by atoms with van der Waals surface area (Å²) in [6.07, 6.45) is -4.98. The van der Waals surface area contributed by atoms with Crippen molar-refractivity contribution in [1.29, 1.82) is 5.26 Å². The first kappa shape index (κ1) is 18.3. The molecule has 0 fully saturated rings. The molecule has 0 radical (unpaired) electrons. The van der Waals surface area contributed by atoms with Crippen LogP contribution in [0.3, 0.4) is 0 Å². The van der Waals surface area contributed by atoms with E-state index in [1.165, 1.54) is 18.2 Å². The van der Waals surface area contributed by atoms with Crippen LogP contribution in [0.2, 0.25) is 5.02 Å². The van der Waals surface area contributed by atoms with Gasteiger partial charge in [-0.25, -0.2) is 0 Å². The molecule has 25 heavy (non-hydrogen) atoms. The summed E-state index contributed by atoms with van der Waals surface area (Å²) in [5.74, 6) is -1.75. The van der Waals surface area contributed by atoms with Gasteiger partial charge < -0.3 is 4.74 Å².